The second-order valence-corrected chi connectivity index (χ2v) is 9.17. The van der Waals surface area contributed by atoms with Crippen LogP contribution < -0.4 is 20.3 Å². The number of pyridine rings is 1. The van der Waals surface area contributed by atoms with Crippen molar-refractivity contribution in [3.63, 3.8) is 0 Å². The molecule has 0 fully saturated rings. The molecule has 0 aliphatic carbocycles. The Balaban J connectivity index is 1.42. The number of aliphatic imine (C=N–C) groups is 1. The molecule has 10 heteroatoms. The van der Waals surface area contributed by atoms with Gasteiger partial charge in [0.15, 0.2) is 0 Å². The summed E-state index contributed by atoms with van der Waals surface area (Å²) in [6.45, 7) is 1.89. The second-order valence-electron chi connectivity index (χ2n) is 8.17. The summed E-state index contributed by atoms with van der Waals surface area (Å²) in [6, 6.07) is 16.2. The number of anilines is 3. The lowest BCUT2D eigenvalue weighted by molar-refractivity contribution is 0.0971. The number of amides is 3. The Bertz CT molecular complexity index is 1640. The molecule has 0 atom stereocenters. The van der Waals surface area contributed by atoms with Gasteiger partial charge >= 0.3 is 6.03 Å². The van der Waals surface area contributed by atoms with Crippen molar-refractivity contribution in [1.82, 2.24) is 10.3 Å². The van der Waals surface area contributed by atoms with E-state index in [0.717, 1.165) is 5.56 Å². The predicted molar refractivity (Wildman–Crippen MR) is 143 cm³/mol. The highest BCUT2D eigenvalue weighted by atomic mass is 32.1. The van der Waals surface area contributed by atoms with Crippen LogP contribution in [0.4, 0.5) is 21.9 Å². The van der Waals surface area contributed by atoms with Gasteiger partial charge in [0.2, 0.25) is 0 Å². The lowest BCUT2D eigenvalue weighted by Gasteiger charge is -2.29. The molecule has 2 N–H and O–H groups in total. The van der Waals surface area contributed by atoms with Crippen LogP contribution in [-0.2, 0) is 4.74 Å². The normalized spacial score (nSPS) is 14.0. The van der Waals surface area contributed by atoms with Crippen LogP contribution in [0.3, 0.4) is 0 Å². The number of para-hydroxylation sites is 1. The first kappa shape index (κ1) is 22.5. The summed E-state index contributed by atoms with van der Waals surface area (Å²) in [5.41, 5.74) is 2.84. The van der Waals surface area contributed by atoms with E-state index in [-0.39, 0.29) is 6.03 Å². The number of hydrogen-bond acceptors (Lipinski definition) is 7. The average Bonchev–Trinajstić information content (AvgIpc) is 3.09. The topological polar surface area (TPSA) is 105 Å². The number of nitrogens with zero attached hydrogens (tertiary/aromatic N) is 3. The summed E-state index contributed by atoms with van der Waals surface area (Å²) >= 11 is 1.21. The van der Waals surface area contributed by atoms with Crippen LogP contribution in [0.2, 0.25) is 0 Å². The van der Waals surface area contributed by atoms with E-state index in [1.165, 1.54) is 41.2 Å². The number of hydrogen-bond donors (Lipinski definition) is 2. The van der Waals surface area contributed by atoms with Gasteiger partial charge in [-0.2, -0.15) is 0 Å². The van der Waals surface area contributed by atoms with Crippen molar-refractivity contribution in [3.8, 4) is 11.5 Å². The Morgan fingerprint density at radius 2 is 2.00 bits per heavy atom. The van der Waals surface area contributed by atoms with Crippen molar-refractivity contribution in [2.24, 2.45) is 4.99 Å². The third kappa shape index (κ3) is 4.19. The van der Waals surface area contributed by atoms with Gasteiger partial charge in [-0.1, -0.05) is 18.2 Å². The van der Waals surface area contributed by atoms with Gasteiger partial charge in [-0.3, -0.25) is 14.7 Å². The predicted octanol–water partition coefficient (Wildman–Crippen LogP) is 6.22. The van der Waals surface area contributed by atoms with Gasteiger partial charge in [0.25, 0.3) is 5.91 Å². The minimum Gasteiger partial charge on any atom is -0.469 e. The molecule has 3 amide bonds. The third-order valence-electron chi connectivity index (χ3n) is 5.72. The van der Waals surface area contributed by atoms with Crippen LogP contribution in [0.1, 0.15) is 15.2 Å². The molecule has 2 aliphatic rings. The van der Waals surface area contributed by atoms with Crippen molar-refractivity contribution in [2.75, 3.05) is 10.2 Å². The Labute approximate surface area is 215 Å². The largest absolute Gasteiger partial charge is 0.469 e. The first-order valence-corrected chi connectivity index (χ1v) is 12.1. The van der Waals surface area contributed by atoms with E-state index in [0.29, 0.717) is 49.4 Å². The first-order chi connectivity index (χ1) is 18.1. The lowest BCUT2D eigenvalue weighted by atomic mass is 10.1. The molecule has 37 heavy (non-hydrogen) atoms. The molecule has 0 unspecified atom stereocenters. The summed E-state index contributed by atoms with van der Waals surface area (Å²) in [6.07, 6.45) is 7.33. The number of urea groups is 1. The highest BCUT2D eigenvalue weighted by Crippen LogP contribution is 2.47. The number of ether oxygens (including phenoxy) is 2. The van der Waals surface area contributed by atoms with E-state index in [2.05, 4.69) is 20.6 Å². The van der Waals surface area contributed by atoms with Crippen molar-refractivity contribution < 1.29 is 19.1 Å². The zero-order chi connectivity index (χ0) is 25.4. The molecule has 0 bridgehead atoms. The number of aryl methyl sites for hydroxylation is 1. The van der Waals surface area contributed by atoms with Crippen LogP contribution in [0.5, 0.6) is 11.5 Å². The molecule has 0 spiro atoms. The molecule has 6 rings (SSSR count). The molecule has 0 radical (unpaired) electrons. The smallest absolute Gasteiger partial charge is 0.331 e. The molecule has 2 aromatic heterocycles. The lowest BCUT2D eigenvalue weighted by Crippen LogP contribution is -2.35. The second kappa shape index (κ2) is 9.25. The van der Waals surface area contributed by atoms with Crippen LogP contribution >= 0.6 is 11.3 Å². The van der Waals surface area contributed by atoms with Gasteiger partial charge in [0, 0.05) is 6.20 Å². The van der Waals surface area contributed by atoms with Crippen LogP contribution in [0, 0.1) is 6.92 Å². The van der Waals surface area contributed by atoms with Gasteiger partial charge in [0.05, 0.1) is 40.6 Å². The van der Waals surface area contributed by atoms with E-state index >= 15 is 0 Å². The van der Waals surface area contributed by atoms with E-state index < -0.39 is 5.91 Å². The average molecular weight is 510 g/mol. The zero-order valence-electron chi connectivity index (χ0n) is 19.5. The number of carbonyl (C=O) groups is 2. The van der Waals surface area contributed by atoms with Crippen molar-refractivity contribution in [1.29, 1.82) is 0 Å². The van der Waals surface area contributed by atoms with Gasteiger partial charge in [-0.15, -0.1) is 11.3 Å². The minimum atomic E-state index is -0.409. The molecule has 4 heterocycles. The van der Waals surface area contributed by atoms with E-state index in [9.17, 15) is 9.59 Å². The highest BCUT2D eigenvalue weighted by Gasteiger charge is 2.35. The summed E-state index contributed by atoms with van der Waals surface area (Å²) in [4.78, 5) is 37.8. The number of thiophene rings is 1. The van der Waals surface area contributed by atoms with Crippen LogP contribution in [-0.4, -0.2) is 23.1 Å². The van der Waals surface area contributed by atoms with Gasteiger partial charge < -0.3 is 20.1 Å². The fourth-order valence-electron chi connectivity index (χ4n) is 4.13. The Hall–Kier alpha value is -4.96. The Morgan fingerprint density at radius 3 is 2.84 bits per heavy atom. The quantitative estimate of drug-likeness (QED) is 0.332. The van der Waals surface area contributed by atoms with Crippen LogP contribution in [0.25, 0.3) is 10.2 Å². The molecule has 4 aromatic rings. The maximum Gasteiger partial charge on any atom is 0.331 e. The maximum atomic E-state index is 13.5. The maximum absolute atomic E-state index is 13.5. The number of rotatable bonds is 5. The minimum absolute atomic E-state index is 0.334. The van der Waals surface area contributed by atoms with E-state index in [4.69, 9.17) is 9.47 Å². The van der Waals surface area contributed by atoms with Crippen molar-refractivity contribution in [2.45, 2.75) is 6.92 Å². The van der Waals surface area contributed by atoms with Crippen molar-refractivity contribution >= 4 is 56.8 Å². The number of aromatic nitrogens is 1. The summed E-state index contributed by atoms with van der Waals surface area (Å²) < 4.78 is 11.1. The molecular weight excluding hydrogens is 490 g/mol. The van der Waals surface area contributed by atoms with Gasteiger partial charge in [-0.25, -0.2) is 9.78 Å². The fourth-order valence-corrected chi connectivity index (χ4v) is 5.18. The Morgan fingerprint density at radius 1 is 1.14 bits per heavy atom. The first-order valence-electron chi connectivity index (χ1n) is 11.3. The zero-order valence-corrected chi connectivity index (χ0v) is 20.3. The number of carbonyl (C=O) groups excluding carboxylic acids is 2. The summed E-state index contributed by atoms with van der Waals surface area (Å²) in [5.74, 6) is 0.932. The SMILES string of the molecule is Cc1cc(Oc2ccccc2)ccc1N1C(=O)Nc2ccnc3sc(C(=O)NC4=COC=CN=C4)c1c23. The molecule has 2 aromatic carbocycles. The van der Waals surface area contributed by atoms with Crippen LogP contribution in [0.15, 0.2) is 90.2 Å². The summed E-state index contributed by atoms with van der Waals surface area (Å²) in [5, 5.41) is 6.43. The number of nitrogens with one attached hydrogen (secondary N) is 2. The molecule has 9 nitrogen and oxygen atoms in total. The number of allylic oxidation sites excluding steroid dienone is 1. The van der Waals surface area contributed by atoms with Gasteiger partial charge in [-0.05, 0) is 48.9 Å². The van der Waals surface area contributed by atoms with Gasteiger partial charge in [0.1, 0.15) is 33.7 Å². The molecule has 182 valence electrons. The Kier molecular flexibility index (Phi) is 5.62. The standard InChI is InChI=1S/C27H19N5O4S/c1-16-13-19(36-18-5-3-2-4-6-18)7-8-21(16)32-23-22-20(31-27(32)34)9-10-29-26(22)37-24(23)25(33)30-17-14-28-11-12-35-15-17/h2-15H,1H3,(H,30,33)(H,31,34). The molecular formula is C27H19N5O4S. The third-order valence-corrected chi connectivity index (χ3v) is 6.81. The molecule has 0 saturated heterocycles. The van der Waals surface area contributed by atoms with E-state index in [1.54, 1.807) is 24.4 Å². The summed E-state index contributed by atoms with van der Waals surface area (Å²) in [7, 11) is 0. The monoisotopic (exact) mass is 509 g/mol. The number of benzene rings is 2. The molecule has 0 saturated carbocycles. The van der Waals surface area contributed by atoms with Crippen molar-refractivity contribution in [3.05, 3.63) is 95.7 Å². The van der Waals surface area contributed by atoms with E-state index in [1.807, 2.05) is 43.3 Å². The fraction of sp³-hybridized carbons (Fsp3) is 0.0370. The highest BCUT2D eigenvalue weighted by molar-refractivity contribution is 7.21. The molecule has 2 aliphatic heterocycles.